The van der Waals surface area contributed by atoms with Gasteiger partial charge in [0.05, 0.1) is 12.2 Å². The predicted octanol–water partition coefficient (Wildman–Crippen LogP) is 2.27. The van der Waals surface area contributed by atoms with Gasteiger partial charge < -0.3 is 20.3 Å². The van der Waals surface area contributed by atoms with Gasteiger partial charge in [0, 0.05) is 38.1 Å². The molecule has 1 saturated heterocycles. The van der Waals surface area contributed by atoms with Crippen molar-refractivity contribution < 1.29 is 9.53 Å². The maximum Gasteiger partial charge on any atom is 0.257 e. The van der Waals surface area contributed by atoms with Crippen molar-refractivity contribution in [3.8, 4) is 5.75 Å². The van der Waals surface area contributed by atoms with Crippen LogP contribution in [0.2, 0.25) is 0 Å². The molecule has 2 aromatic rings. The molecule has 0 radical (unpaired) electrons. The molecule has 6 heteroatoms. The zero-order chi connectivity index (χ0) is 16.8. The number of piperazine rings is 1. The largest absolute Gasteiger partial charge is 0.494 e. The zero-order valence-corrected chi connectivity index (χ0v) is 13.8. The Labute approximate surface area is 141 Å². The lowest BCUT2D eigenvalue weighted by atomic mass is 10.2. The van der Waals surface area contributed by atoms with Gasteiger partial charge in [-0.2, -0.15) is 0 Å². The summed E-state index contributed by atoms with van der Waals surface area (Å²) < 4.78 is 5.44. The van der Waals surface area contributed by atoms with Gasteiger partial charge in [0.2, 0.25) is 0 Å². The van der Waals surface area contributed by atoms with Crippen LogP contribution in [-0.2, 0) is 0 Å². The quantitative estimate of drug-likeness (QED) is 0.882. The van der Waals surface area contributed by atoms with Crippen molar-refractivity contribution in [2.45, 2.75) is 6.92 Å². The van der Waals surface area contributed by atoms with Gasteiger partial charge in [0.15, 0.2) is 0 Å². The number of rotatable bonds is 5. The highest BCUT2D eigenvalue weighted by atomic mass is 16.5. The average Bonchev–Trinajstić information content (AvgIpc) is 2.64. The van der Waals surface area contributed by atoms with E-state index in [1.807, 2.05) is 42.2 Å². The zero-order valence-electron chi connectivity index (χ0n) is 13.8. The van der Waals surface area contributed by atoms with Crippen LogP contribution in [0.3, 0.4) is 0 Å². The molecular formula is C18H22N4O2. The molecular weight excluding hydrogens is 304 g/mol. The molecule has 0 bridgehead atoms. The predicted molar refractivity (Wildman–Crippen MR) is 93.9 cm³/mol. The fraction of sp³-hybridized carbons (Fsp3) is 0.333. The van der Waals surface area contributed by atoms with Crippen molar-refractivity contribution in [3.05, 3.63) is 48.2 Å². The molecule has 2 N–H and O–H groups in total. The first-order valence-corrected chi connectivity index (χ1v) is 8.23. The molecule has 0 unspecified atom stereocenters. The summed E-state index contributed by atoms with van der Waals surface area (Å²) in [6.07, 6.45) is 1.69. The van der Waals surface area contributed by atoms with Gasteiger partial charge >= 0.3 is 0 Å². The Morgan fingerprint density at radius 2 is 2.00 bits per heavy atom. The topological polar surface area (TPSA) is 66.5 Å². The average molecular weight is 326 g/mol. The number of nitrogens with zero attached hydrogens (tertiary/aromatic N) is 2. The number of pyridine rings is 1. The lowest BCUT2D eigenvalue weighted by Crippen LogP contribution is -2.46. The van der Waals surface area contributed by atoms with E-state index in [2.05, 4.69) is 15.6 Å². The van der Waals surface area contributed by atoms with Gasteiger partial charge in [0.25, 0.3) is 5.91 Å². The van der Waals surface area contributed by atoms with Crippen LogP contribution in [0.25, 0.3) is 0 Å². The van der Waals surface area contributed by atoms with Crippen LogP contribution in [0.15, 0.2) is 42.6 Å². The Morgan fingerprint density at radius 3 is 2.71 bits per heavy atom. The van der Waals surface area contributed by atoms with Gasteiger partial charge in [-0.25, -0.2) is 4.98 Å². The van der Waals surface area contributed by atoms with Crippen LogP contribution in [0.1, 0.15) is 17.3 Å². The van der Waals surface area contributed by atoms with E-state index < -0.39 is 0 Å². The molecule has 0 spiro atoms. The first kappa shape index (κ1) is 16.3. The molecule has 1 aliphatic heterocycles. The lowest BCUT2D eigenvalue weighted by molar-refractivity contribution is 0.0736. The highest BCUT2D eigenvalue weighted by Crippen LogP contribution is 2.22. The molecule has 0 atom stereocenters. The van der Waals surface area contributed by atoms with Crippen LogP contribution >= 0.6 is 0 Å². The summed E-state index contributed by atoms with van der Waals surface area (Å²) in [5.74, 6) is 1.41. The fourth-order valence-corrected chi connectivity index (χ4v) is 2.65. The molecule has 1 aromatic carbocycles. The molecule has 2 heterocycles. The van der Waals surface area contributed by atoms with Crippen LogP contribution in [0.5, 0.6) is 5.75 Å². The van der Waals surface area contributed by atoms with E-state index in [0.717, 1.165) is 37.6 Å². The minimum absolute atomic E-state index is 0.0121. The standard InChI is InChI=1S/C18H22N4O2/c1-2-24-15-7-5-14(6-8-15)21-17-16(4-3-9-20-17)18(23)22-12-10-19-11-13-22/h3-9,19H,2,10-13H2,1H3,(H,20,21). The third kappa shape index (κ3) is 3.83. The van der Waals surface area contributed by atoms with Crippen molar-refractivity contribution in [2.24, 2.45) is 0 Å². The number of amides is 1. The Kier molecular flexibility index (Phi) is 5.28. The summed E-state index contributed by atoms with van der Waals surface area (Å²) >= 11 is 0. The number of benzene rings is 1. The van der Waals surface area contributed by atoms with Crippen LogP contribution in [0, 0.1) is 0 Å². The number of carbonyl (C=O) groups excluding carboxylic acids is 1. The molecule has 1 aromatic heterocycles. The molecule has 6 nitrogen and oxygen atoms in total. The van der Waals surface area contributed by atoms with Gasteiger partial charge in [-0.1, -0.05) is 0 Å². The normalized spacial score (nSPS) is 14.3. The second-order valence-electron chi connectivity index (χ2n) is 5.52. The van der Waals surface area contributed by atoms with Crippen molar-refractivity contribution in [2.75, 3.05) is 38.1 Å². The summed E-state index contributed by atoms with van der Waals surface area (Å²) in [5.41, 5.74) is 1.46. The van der Waals surface area contributed by atoms with E-state index >= 15 is 0 Å². The van der Waals surface area contributed by atoms with Crippen LogP contribution in [-0.4, -0.2) is 48.6 Å². The summed E-state index contributed by atoms with van der Waals surface area (Å²) in [6.45, 7) is 5.68. The molecule has 1 amide bonds. The van der Waals surface area contributed by atoms with Crippen molar-refractivity contribution in [1.29, 1.82) is 0 Å². The summed E-state index contributed by atoms with van der Waals surface area (Å²) in [5, 5.41) is 6.49. The molecule has 24 heavy (non-hydrogen) atoms. The van der Waals surface area contributed by atoms with Crippen molar-refractivity contribution in [3.63, 3.8) is 0 Å². The van der Waals surface area contributed by atoms with Crippen molar-refractivity contribution >= 4 is 17.4 Å². The first-order valence-electron chi connectivity index (χ1n) is 8.23. The summed E-state index contributed by atoms with van der Waals surface area (Å²) in [6, 6.07) is 11.2. The van der Waals surface area contributed by atoms with Crippen LogP contribution in [0.4, 0.5) is 11.5 Å². The lowest BCUT2D eigenvalue weighted by Gasteiger charge is -2.28. The number of ether oxygens (including phenoxy) is 1. The number of hydrogen-bond donors (Lipinski definition) is 2. The van der Waals surface area contributed by atoms with Crippen molar-refractivity contribution in [1.82, 2.24) is 15.2 Å². The molecule has 1 aliphatic rings. The smallest absolute Gasteiger partial charge is 0.257 e. The number of nitrogens with one attached hydrogen (secondary N) is 2. The molecule has 0 saturated carbocycles. The minimum atomic E-state index is 0.0121. The highest BCUT2D eigenvalue weighted by molar-refractivity contribution is 5.99. The van der Waals surface area contributed by atoms with E-state index in [1.165, 1.54) is 0 Å². The summed E-state index contributed by atoms with van der Waals surface area (Å²) in [4.78, 5) is 18.9. The monoisotopic (exact) mass is 326 g/mol. The number of hydrogen-bond acceptors (Lipinski definition) is 5. The Bertz CT molecular complexity index is 682. The SMILES string of the molecule is CCOc1ccc(Nc2ncccc2C(=O)N2CCNCC2)cc1. The Morgan fingerprint density at radius 1 is 1.25 bits per heavy atom. The maximum absolute atomic E-state index is 12.7. The molecule has 126 valence electrons. The molecule has 3 rings (SSSR count). The summed E-state index contributed by atoms with van der Waals surface area (Å²) in [7, 11) is 0. The van der Waals surface area contributed by atoms with E-state index in [0.29, 0.717) is 18.0 Å². The van der Waals surface area contributed by atoms with Gasteiger partial charge in [0.1, 0.15) is 11.6 Å². The fourth-order valence-electron chi connectivity index (χ4n) is 2.65. The second-order valence-corrected chi connectivity index (χ2v) is 5.52. The van der Waals surface area contributed by atoms with E-state index in [9.17, 15) is 4.79 Å². The third-order valence-electron chi connectivity index (χ3n) is 3.87. The van der Waals surface area contributed by atoms with Gasteiger partial charge in [-0.15, -0.1) is 0 Å². The van der Waals surface area contributed by atoms with E-state index in [4.69, 9.17) is 4.74 Å². The Balaban J connectivity index is 1.77. The highest BCUT2D eigenvalue weighted by Gasteiger charge is 2.21. The Hall–Kier alpha value is -2.60. The van der Waals surface area contributed by atoms with E-state index in [1.54, 1.807) is 12.3 Å². The van der Waals surface area contributed by atoms with Gasteiger partial charge in [-0.05, 0) is 43.3 Å². The first-order chi connectivity index (χ1) is 11.8. The van der Waals surface area contributed by atoms with Crippen LogP contribution < -0.4 is 15.4 Å². The third-order valence-corrected chi connectivity index (χ3v) is 3.87. The minimum Gasteiger partial charge on any atom is -0.494 e. The number of anilines is 2. The van der Waals surface area contributed by atoms with Gasteiger partial charge in [-0.3, -0.25) is 4.79 Å². The van der Waals surface area contributed by atoms with E-state index in [-0.39, 0.29) is 5.91 Å². The maximum atomic E-state index is 12.7. The molecule has 0 aliphatic carbocycles. The number of carbonyl (C=O) groups is 1. The second kappa shape index (κ2) is 7.79. The number of aromatic nitrogens is 1. The molecule has 1 fully saturated rings.